The Morgan fingerprint density at radius 3 is 2.60 bits per heavy atom. The molecule has 0 atom stereocenters. The van der Waals surface area contributed by atoms with Gasteiger partial charge in [-0.3, -0.25) is 4.79 Å². The smallest absolute Gasteiger partial charge is 0.311 e. The first-order chi connectivity index (χ1) is 7.27. The fraction of sp³-hybridized carbons (Fsp3) is 0.364. The van der Waals surface area contributed by atoms with Crippen LogP contribution in [0.2, 0.25) is 0 Å². The van der Waals surface area contributed by atoms with Crippen LogP contribution < -0.4 is 9.47 Å². The van der Waals surface area contributed by atoms with Gasteiger partial charge < -0.3 is 14.6 Å². The molecule has 0 aliphatic carbocycles. The van der Waals surface area contributed by atoms with Gasteiger partial charge in [0.2, 0.25) is 0 Å². The number of aliphatic hydroxyl groups is 1. The van der Waals surface area contributed by atoms with E-state index in [-0.39, 0.29) is 19.2 Å². The lowest BCUT2D eigenvalue weighted by atomic mass is 10.3. The van der Waals surface area contributed by atoms with Crippen LogP contribution in [-0.4, -0.2) is 24.3 Å². The first kappa shape index (κ1) is 11.5. The molecule has 0 saturated heterocycles. The number of carbonyl (C=O) groups is 1. The number of carbonyl (C=O) groups excluding carboxylic acids is 1. The van der Waals surface area contributed by atoms with Crippen LogP contribution >= 0.6 is 0 Å². The predicted octanol–water partition coefficient (Wildman–Crippen LogP) is 1.37. The van der Waals surface area contributed by atoms with E-state index in [0.717, 1.165) is 0 Å². The summed E-state index contributed by atoms with van der Waals surface area (Å²) in [6.45, 7) is 1.83. The molecule has 4 nitrogen and oxygen atoms in total. The van der Waals surface area contributed by atoms with E-state index < -0.39 is 0 Å². The molecule has 1 aromatic carbocycles. The number of para-hydroxylation sites is 2. The summed E-state index contributed by atoms with van der Waals surface area (Å²) in [5.41, 5.74) is 0. The van der Waals surface area contributed by atoms with Crippen molar-refractivity contribution < 1.29 is 19.4 Å². The van der Waals surface area contributed by atoms with E-state index in [1.807, 2.05) is 0 Å². The quantitative estimate of drug-likeness (QED) is 0.589. The lowest BCUT2D eigenvalue weighted by Crippen LogP contribution is -2.08. The van der Waals surface area contributed by atoms with Crippen molar-refractivity contribution in [1.29, 1.82) is 0 Å². The zero-order valence-corrected chi connectivity index (χ0v) is 8.60. The maximum absolute atomic E-state index is 11.1. The Morgan fingerprint density at radius 1 is 1.33 bits per heavy atom. The molecule has 1 N–H and O–H groups in total. The largest absolute Gasteiger partial charge is 0.487 e. The fourth-order valence-corrected chi connectivity index (χ4v) is 1.00. The van der Waals surface area contributed by atoms with E-state index in [0.29, 0.717) is 17.9 Å². The lowest BCUT2D eigenvalue weighted by Gasteiger charge is -2.09. The van der Waals surface area contributed by atoms with Crippen molar-refractivity contribution in [3.05, 3.63) is 24.3 Å². The molecular formula is C11H14O4. The number of hydrogen-bond donors (Lipinski definition) is 1. The first-order valence-electron chi connectivity index (χ1n) is 4.81. The third-order valence-electron chi connectivity index (χ3n) is 1.71. The summed E-state index contributed by atoms with van der Waals surface area (Å²) in [4.78, 5) is 11.1. The maximum atomic E-state index is 11.1. The molecule has 0 aliphatic heterocycles. The van der Waals surface area contributed by atoms with Gasteiger partial charge in [0, 0.05) is 6.42 Å². The molecule has 0 spiro atoms. The SMILES string of the molecule is CCC(=O)Oc1ccccc1OCCO. The van der Waals surface area contributed by atoms with Crippen LogP contribution in [0.1, 0.15) is 13.3 Å². The minimum absolute atomic E-state index is 0.0734. The summed E-state index contributed by atoms with van der Waals surface area (Å²) in [7, 11) is 0. The van der Waals surface area contributed by atoms with Gasteiger partial charge in [0.15, 0.2) is 11.5 Å². The highest BCUT2D eigenvalue weighted by Gasteiger charge is 2.07. The molecule has 0 aliphatic rings. The van der Waals surface area contributed by atoms with E-state index in [1.165, 1.54) is 0 Å². The Bertz CT molecular complexity index is 322. The van der Waals surface area contributed by atoms with Crippen LogP contribution in [0, 0.1) is 0 Å². The van der Waals surface area contributed by atoms with Gasteiger partial charge in [-0.05, 0) is 12.1 Å². The number of hydrogen-bond acceptors (Lipinski definition) is 4. The highest BCUT2D eigenvalue weighted by Crippen LogP contribution is 2.26. The van der Waals surface area contributed by atoms with Gasteiger partial charge in [-0.15, -0.1) is 0 Å². The second kappa shape index (κ2) is 6.03. The van der Waals surface area contributed by atoms with Gasteiger partial charge in [0.25, 0.3) is 0 Å². The Kier molecular flexibility index (Phi) is 4.63. The van der Waals surface area contributed by atoms with Crippen molar-refractivity contribution in [3.63, 3.8) is 0 Å². The zero-order valence-electron chi connectivity index (χ0n) is 8.60. The molecule has 0 fully saturated rings. The third kappa shape index (κ3) is 3.59. The minimum Gasteiger partial charge on any atom is -0.487 e. The number of benzene rings is 1. The maximum Gasteiger partial charge on any atom is 0.311 e. The topological polar surface area (TPSA) is 55.8 Å². The molecule has 0 radical (unpaired) electrons. The van der Waals surface area contributed by atoms with Crippen molar-refractivity contribution in [2.45, 2.75) is 13.3 Å². The monoisotopic (exact) mass is 210 g/mol. The van der Waals surface area contributed by atoms with Crippen molar-refractivity contribution in [2.75, 3.05) is 13.2 Å². The van der Waals surface area contributed by atoms with E-state index in [1.54, 1.807) is 31.2 Å². The van der Waals surface area contributed by atoms with Gasteiger partial charge >= 0.3 is 5.97 Å². The second-order valence-electron chi connectivity index (χ2n) is 2.85. The zero-order chi connectivity index (χ0) is 11.1. The standard InChI is InChI=1S/C11H14O4/c1-2-11(13)15-10-6-4-3-5-9(10)14-8-7-12/h3-6,12H,2,7-8H2,1H3. The second-order valence-corrected chi connectivity index (χ2v) is 2.85. The number of aliphatic hydroxyl groups excluding tert-OH is 1. The van der Waals surface area contributed by atoms with E-state index >= 15 is 0 Å². The van der Waals surface area contributed by atoms with E-state index in [9.17, 15) is 4.79 Å². The summed E-state index contributed by atoms with van der Waals surface area (Å²) < 4.78 is 10.3. The third-order valence-corrected chi connectivity index (χ3v) is 1.71. The highest BCUT2D eigenvalue weighted by molar-refractivity contribution is 5.72. The van der Waals surface area contributed by atoms with E-state index in [2.05, 4.69) is 0 Å². The van der Waals surface area contributed by atoms with Crippen molar-refractivity contribution in [1.82, 2.24) is 0 Å². The molecule has 1 aromatic rings. The summed E-state index contributed by atoms with van der Waals surface area (Å²) in [5, 5.41) is 8.61. The Balaban J connectivity index is 2.72. The van der Waals surface area contributed by atoms with Gasteiger partial charge in [-0.1, -0.05) is 19.1 Å². The number of rotatable bonds is 5. The van der Waals surface area contributed by atoms with Gasteiger partial charge in [0.05, 0.1) is 6.61 Å². The van der Waals surface area contributed by atoms with E-state index in [4.69, 9.17) is 14.6 Å². The Morgan fingerprint density at radius 2 is 2.00 bits per heavy atom. The molecule has 0 saturated carbocycles. The average Bonchev–Trinajstić information content (AvgIpc) is 2.28. The first-order valence-corrected chi connectivity index (χ1v) is 4.81. The Hall–Kier alpha value is -1.55. The van der Waals surface area contributed by atoms with Crippen LogP contribution in [0.4, 0.5) is 0 Å². The molecule has 0 bridgehead atoms. The molecule has 0 unspecified atom stereocenters. The molecule has 82 valence electrons. The van der Waals surface area contributed by atoms with Crippen LogP contribution in [-0.2, 0) is 4.79 Å². The molecule has 0 heterocycles. The fourth-order valence-electron chi connectivity index (χ4n) is 1.00. The summed E-state index contributed by atoms with van der Waals surface area (Å²) in [6, 6.07) is 6.87. The van der Waals surface area contributed by atoms with Crippen molar-refractivity contribution >= 4 is 5.97 Å². The molecular weight excluding hydrogens is 196 g/mol. The minimum atomic E-state index is -0.310. The predicted molar refractivity (Wildman–Crippen MR) is 54.9 cm³/mol. The number of esters is 1. The Labute approximate surface area is 88.4 Å². The summed E-state index contributed by atoms with van der Waals surface area (Å²) >= 11 is 0. The summed E-state index contributed by atoms with van der Waals surface area (Å²) in [6.07, 6.45) is 0.314. The van der Waals surface area contributed by atoms with Crippen LogP contribution in [0.5, 0.6) is 11.5 Å². The van der Waals surface area contributed by atoms with Crippen molar-refractivity contribution in [3.8, 4) is 11.5 Å². The molecule has 0 amide bonds. The normalized spacial score (nSPS) is 9.73. The lowest BCUT2D eigenvalue weighted by molar-refractivity contribution is -0.134. The van der Waals surface area contributed by atoms with Crippen LogP contribution in [0.3, 0.4) is 0 Å². The van der Waals surface area contributed by atoms with Crippen molar-refractivity contribution in [2.24, 2.45) is 0 Å². The van der Waals surface area contributed by atoms with Gasteiger partial charge in [-0.2, -0.15) is 0 Å². The highest BCUT2D eigenvalue weighted by atomic mass is 16.6. The van der Waals surface area contributed by atoms with Crippen LogP contribution in [0.25, 0.3) is 0 Å². The summed E-state index contributed by atoms with van der Waals surface area (Å²) in [5.74, 6) is 0.543. The van der Waals surface area contributed by atoms with Gasteiger partial charge in [-0.25, -0.2) is 0 Å². The van der Waals surface area contributed by atoms with Crippen LogP contribution in [0.15, 0.2) is 24.3 Å². The number of ether oxygens (including phenoxy) is 2. The molecule has 4 heteroatoms. The van der Waals surface area contributed by atoms with Gasteiger partial charge in [0.1, 0.15) is 6.61 Å². The molecule has 15 heavy (non-hydrogen) atoms. The molecule has 1 rings (SSSR count). The average molecular weight is 210 g/mol. The molecule has 0 aromatic heterocycles.